The highest BCUT2D eigenvalue weighted by Gasteiger charge is 2.51. The van der Waals surface area contributed by atoms with Gasteiger partial charge in [-0.3, -0.25) is 4.90 Å². The minimum absolute atomic E-state index is 0.00346. The smallest absolute Gasteiger partial charge is 0.125 e. The van der Waals surface area contributed by atoms with Crippen molar-refractivity contribution >= 4 is 15.9 Å². The van der Waals surface area contributed by atoms with Crippen LogP contribution < -0.4 is 10.1 Å². The van der Waals surface area contributed by atoms with Gasteiger partial charge in [0.15, 0.2) is 0 Å². The molecule has 1 saturated heterocycles. The minimum Gasteiger partial charge on any atom is -0.485 e. The molecule has 4 rings (SSSR count). The van der Waals surface area contributed by atoms with E-state index in [4.69, 9.17) is 4.74 Å². The standard InChI is InChI=1S/C17H23BrN2O/c1-11-8-17(10-20(11)13-4-5-13)9-15(19-2)14-7-12(18)3-6-16(14)21-17/h3,6-7,11,13,15,19H,4-5,8-10H2,1-2H3. The van der Waals surface area contributed by atoms with Crippen molar-refractivity contribution in [1.82, 2.24) is 10.2 Å². The third-order valence-electron chi connectivity index (χ3n) is 5.32. The lowest BCUT2D eigenvalue weighted by Gasteiger charge is -2.40. The number of nitrogens with one attached hydrogen (secondary N) is 1. The first-order chi connectivity index (χ1) is 10.1. The van der Waals surface area contributed by atoms with E-state index >= 15 is 0 Å². The Morgan fingerprint density at radius 2 is 2.14 bits per heavy atom. The van der Waals surface area contributed by atoms with Crippen LogP contribution in [0.15, 0.2) is 22.7 Å². The molecule has 3 unspecified atom stereocenters. The molecule has 1 N–H and O–H groups in total. The van der Waals surface area contributed by atoms with Crippen molar-refractivity contribution < 1.29 is 4.74 Å². The highest BCUT2D eigenvalue weighted by atomic mass is 79.9. The van der Waals surface area contributed by atoms with Crippen molar-refractivity contribution in [3.05, 3.63) is 28.2 Å². The molecule has 1 saturated carbocycles. The van der Waals surface area contributed by atoms with E-state index in [2.05, 4.69) is 58.3 Å². The zero-order chi connectivity index (χ0) is 14.6. The maximum Gasteiger partial charge on any atom is 0.125 e. The number of nitrogens with zero attached hydrogens (tertiary/aromatic N) is 1. The normalized spacial score (nSPS) is 35.8. The van der Waals surface area contributed by atoms with E-state index in [-0.39, 0.29) is 5.60 Å². The summed E-state index contributed by atoms with van der Waals surface area (Å²) < 4.78 is 7.67. The van der Waals surface area contributed by atoms with Gasteiger partial charge in [0.1, 0.15) is 11.4 Å². The second-order valence-electron chi connectivity index (χ2n) is 6.97. The van der Waals surface area contributed by atoms with Crippen LogP contribution in [0.3, 0.4) is 0 Å². The molecular weight excluding hydrogens is 328 g/mol. The Morgan fingerprint density at radius 3 is 2.86 bits per heavy atom. The third-order valence-corrected chi connectivity index (χ3v) is 5.81. The van der Waals surface area contributed by atoms with Gasteiger partial charge in [-0.25, -0.2) is 0 Å². The lowest BCUT2D eigenvalue weighted by atomic mass is 9.85. The molecule has 3 atom stereocenters. The average Bonchev–Trinajstić information content (AvgIpc) is 3.25. The molecule has 3 nitrogen and oxygen atoms in total. The van der Waals surface area contributed by atoms with E-state index < -0.39 is 0 Å². The molecule has 0 radical (unpaired) electrons. The summed E-state index contributed by atoms with van der Waals surface area (Å²) in [7, 11) is 2.06. The van der Waals surface area contributed by atoms with E-state index in [0.717, 1.165) is 35.7 Å². The highest BCUT2D eigenvalue weighted by molar-refractivity contribution is 9.10. The Balaban J connectivity index is 1.65. The summed E-state index contributed by atoms with van der Waals surface area (Å²) in [5, 5.41) is 3.49. The number of benzene rings is 1. The molecule has 2 fully saturated rings. The number of likely N-dealkylation sites (tertiary alicyclic amines) is 1. The third kappa shape index (κ3) is 2.41. The maximum atomic E-state index is 6.54. The van der Waals surface area contributed by atoms with Crippen LogP contribution in [0.25, 0.3) is 0 Å². The number of hydrogen-bond donors (Lipinski definition) is 1. The van der Waals surface area contributed by atoms with Gasteiger partial charge in [-0.15, -0.1) is 0 Å². The Labute approximate surface area is 135 Å². The molecule has 2 aliphatic heterocycles. The molecule has 1 aliphatic carbocycles. The van der Waals surface area contributed by atoms with Crippen molar-refractivity contribution in [2.75, 3.05) is 13.6 Å². The van der Waals surface area contributed by atoms with Crippen LogP contribution in [-0.4, -0.2) is 36.2 Å². The number of ether oxygens (including phenoxy) is 1. The van der Waals surface area contributed by atoms with Gasteiger partial charge in [0.25, 0.3) is 0 Å². The molecule has 3 aliphatic rings. The first-order valence-electron chi connectivity index (χ1n) is 8.02. The first kappa shape index (κ1) is 14.0. The van der Waals surface area contributed by atoms with Gasteiger partial charge < -0.3 is 10.1 Å². The molecule has 1 aromatic carbocycles. The predicted octanol–water partition coefficient (Wildman–Crippen LogP) is 3.49. The summed E-state index contributed by atoms with van der Waals surface area (Å²) in [5.41, 5.74) is 1.28. The van der Waals surface area contributed by atoms with Crippen LogP contribution in [0.5, 0.6) is 5.75 Å². The lowest BCUT2D eigenvalue weighted by molar-refractivity contribution is 0.0388. The van der Waals surface area contributed by atoms with Crippen LogP contribution in [0.1, 0.15) is 44.2 Å². The average molecular weight is 351 g/mol. The zero-order valence-corrected chi connectivity index (χ0v) is 14.3. The monoisotopic (exact) mass is 350 g/mol. The molecule has 0 aromatic heterocycles. The number of fused-ring (bicyclic) bond motifs is 1. The summed E-state index contributed by atoms with van der Waals surface area (Å²) in [6.45, 7) is 3.45. The quantitative estimate of drug-likeness (QED) is 0.883. The van der Waals surface area contributed by atoms with Crippen molar-refractivity contribution in [2.24, 2.45) is 0 Å². The summed E-state index contributed by atoms with van der Waals surface area (Å²) in [6, 6.07) is 8.25. The number of rotatable bonds is 2. The SMILES string of the molecule is CNC1CC2(CC(C)N(C3CC3)C2)Oc2ccc(Br)cc21. The largest absolute Gasteiger partial charge is 0.485 e. The van der Waals surface area contributed by atoms with Gasteiger partial charge in [-0.1, -0.05) is 15.9 Å². The van der Waals surface area contributed by atoms with Gasteiger partial charge in [0.2, 0.25) is 0 Å². The second kappa shape index (κ2) is 4.97. The molecular formula is C17H23BrN2O. The fraction of sp³-hybridized carbons (Fsp3) is 0.647. The van der Waals surface area contributed by atoms with Gasteiger partial charge in [-0.05, 0) is 45.0 Å². The molecule has 0 bridgehead atoms. The molecule has 4 heteroatoms. The van der Waals surface area contributed by atoms with Gasteiger partial charge in [-0.2, -0.15) is 0 Å². The zero-order valence-electron chi connectivity index (χ0n) is 12.7. The maximum absolute atomic E-state index is 6.54. The van der Waals surface area contributed by atoms with Crippen molar-refractivity contribution in [2.45, 2.75) is 56.3 Å². The molecule has 21 heavy (non-hydrogen) atoms. The fourth-order valence-electron chi connectivity index (χ4n) is 4.22. The Kier molecular flexibility index (Phi) is 3.32. The Hall–Kier alpha value is -0.580. The van der Waals surface area contributed by atoms with Crippen LogP contribution in [0, 0.1) is 0 Å². The van der Waals surface area contributed by atoms with Crippen molar-refractivity contribution in [1.29, 1.82) is 0 Å². The number of halogens is 1. The van der Waals surface area contributed by atoms with Crippen LogP contribution >= 0.6 is 15.9 Å². The van der Waals surface area contributed by atoms with Gasteiger partial charge in [0, 0.05) is 47.5 Å². The van der Waals surface area contributed by atoms with E-state index in [0.29, 0.717) is 12.1 Å². The van der Waals surface area contributed by atoms with Gasteiger partial charge >= 0.3 is 0 Å². The molecule has 1 aromatic rings. The lowest BCUT2D eigenvalue weighted by Crippen LogP contribution is -2.46. The van der Waals surface area contributed by atoms with E-state index in [9.17, 15) is 0 Å². The van der Waals surface area contributed by atoms with Crippen LogP contribution in [0.4, 0.5) is 0 Å². The predicted molar refractivity (Wildman–Crippen MR) is 87.7 cm³/mol. The summed E-state index contributed by atoms with van der Waals surface area (Å²) in [4.78, 5) is 2.68. The van der Waals surface area contributed by atoms with E-state index in [1.165, 1.54) is 18.4 Å². The minimum atomic E-state index is -0.00346. The molecule has 2 heterocycles. The first-order valence-corrected chi connectivity index (χ1v) is 8.81. The van der Waals surface area contributed by atoms with Crippen LogP contribution in [-0.2, 0) is 0 Å². The molecule has 0 amide bonds. The van der Waals surface area contributed by atoms with E-state index in [1.807, 2.05) is 0 Å². The summed E-state index contributed by atoms with van der Waals surface area (Å²) in [6.07, 6.45) is 4.97. The highest BCUT2D eigenvalue weighted by Crippen LogP contribution is 2.48. The molecule has 114 valence electrons. The van der Waals surface area contributed by atoms with Crippen LogP contribution in [0.2, 0.25) is 0 Å². The van der Waals surface area contributed by atoms with Crippen molar-refractivity contribution in [3.63, 3.8) is 0 Å². The second-order valence-corrected chi connectivity index (χ2v) is 7.88. The Morgan fingerprint density at radius 1 is 1.33 bits per heavy atom. The summed E-state index contributed by atoms with van der Waals surface area (Å²) in [5.74, 6) is 1.06. The summed E-state index contributed by atoms with van der Waals surface area (Å²) >= 11 is 3.58. The number of hydrogen-bond acceptors (Lipinski definition) is 3. The fourth-order valence-corrected chi connectivity index (χ4v) is 4.60. The molecule has 1 spiro atoms. The Bertz CT molecular complexity index is 560. The van der Waals surface area contributed by atoms with Crippen molar-refractivity contribution in [3.8, 4) is 5.75 Å². The van der Waals surface area contributed by atoms with Gasteiger partial charge in [0.05, 0.1) is 0 Å². The topological polar surface area (TPSA) is 24.5 Å². The van der Waals surface area contributed by atoms with E-state index in [1.54, 1.807) is 0 Å².